The van der Waals surface area contributed by atoms with E-state index in [0.717, 1.165) is 41.5 Å². The van der Waals surface area contributed by atoms with E-state index in [1.54, 1.807) is 0 Å². The van der Waals surface area contributed by atoms with Crippen LogP contribution in [0.2, 0.25) is 0 Å². The summed E-state index contributed by atoms with van der Waals surface area (Å²) in [5, 5.41) is 4.98. The van der Waals surface area contributed by atoms with Crippen molar-refractivity contribution in [2.75, 3.05) is 24.2 Å². The summed E-state index contributed by atoms with van der Waals surface area (Å²) in [7, 11) is -2.04. The average molecular weight is 601 g/mol. The predicted molar refractivity (Wildman–Crippen MR) is 165 cm³/mol. The van der Waals surface area contributed by atoms with Crippen molar-refractivity contribution in [2.45, 2.75) is 27.2 Å². The van der Waals surface area contributed by atoms with Crippen LogP contribution in [0.1, 0.15) is 25.0 Å². The number of aryl methyl sites for hydroxylation is 1. The van der Waals surface area contributed by atoms with Crippen LogP contribution < -0.4 is 43.4 Å². The molecule has 0 aliphatic heterocycles. The second-order valence-corrected chi connectivity index (χ2v) is 13.3. The Labute approximate surface area is 242 Å². The first-order valence-electron chi connectivity index (χ1n) is 13.4. The van der Waals surface area contributed by atoms with Crippen molar-refractivity contribution in [1.29, 1.82) is 0 Å². The first-order chi connectivity index (χ1) is 18.6. The summed E-state index contributed by atoms with van der Waals surface area (Å²) in [5.41, 5.74) is 3.32. The van der Waals surface area contributed by atoms with Crippen molar-refractivity contribution in [1.82, 2.24) is 0 Å². The third-order valence-electron chi connectivity index (χ3n) is 7.69. The Morgan fingerprint density at radius 1 is 0.718 bits per heavy atom. The molecule has 1 aromatic heterocycles. The van der Waals surface area contributed by atoms with E-state index in [1.165, 1.54) is 15.9 Å². The van der Waals surface area contributed by atoms with Crippen LogP contribution in [0, 0.1) is 6.92 Å². The molecule has 3 nitrogen and oxygen atoms in total. The summed E-state index contributed by atoms with van der Waals surface area (Å²) in [5.74, 6) is 0. The molecule has 0 bridgehead atoms. The number of hydrogen-bond acceptors (Lipinski definition) is 3. The van der Waals surface area contributed by atoms with Gasteiger partial charge in [0, 0.05) is 42.2 Å². The maximum Gasteiger partial charge on any atom is 0.339 e. The minimum Gasteiger partial charge on any atom is -1.00 e. The largest absolute Gasteiger partial charge is 1.00 e. The second-order valence-electron chi connectivity index (χ2n) is 9.64. The molecule has 0 saturated heterocycles. The molecule has 5 aromatic rings. The van der Waals surface area contributed by atoms with E-state index in [0.29, 0.717) is 12.0 Å². The molecule has 0 unspecified atom stereocenters. The molecule has 5 rings (SSSR count). The van der Waals surface area contributed by atoms with E-state index in [2.05, 4.69) is 129 Å². The van der Waals surface area contributed by atoms with Gasteiger partial charge in [0.15, 0.2) is 0 Å². The quantitative estimate of drug-likeness (QED) is 0.192. The molecule has 200 valence electrons. The van der Waals surface area contributed by atoms with E-state index in [4.69, 9.17) is 4.42 Å². The third-order valence-corrected chi connectivity index (χ3v) is 12.1. The van der Waals surface area contributed by atoms with E-state index < -0.39 is 7.26 Å². The Morgan fingerprint density at radius 3 is 1.67 bits per heavy atom. The number of halogens is 1. The molecule has 0 atom stereocenters. The van der Waals surface area contributed by atoms with Crippen molar-refractivity contribution < 1.29 is 21.4 Å². The van der Waals surface area contributed by atoms with Crippen LogP contribution in [-0.4, -0.2) is 19.3 Å². The number of benzene rings is 4. The zero-order valence-electron chi connectivity index (χ0n) is 22.8. The molecule has 0 N–H and O–H groups in total. The van der Waals surface area contributed by atoms with Crippen molar-refractivity contribution in [3.63, 3.8) is 0 Å². The van der Waals surface area contributed by atoms with E-state index >= 15 is 0 Å². The molecule has 0 fully saturated rings. The van der Waals surface area contributed by atoms with Gasteiger partial charge < -0.3 is 26.3 Å². The van der Waals surface area contributed by atoms with Crippen LogP contribution in [0.4, 0.5) is 5.69 Å². The number of rotatable bonds is 9. The SMILES string of the molecule is CCN(CC)c1ccc2c(C)c(CC[P+](c3ccccc3)(c3ccccc3)c3ccccc3)c(=O)oc2c1.[Br-]. The first kappa shape index (κ1) is 28.8. The van der Waals surface area contributed by atoms with E-state index in [9.17, 15) is 4.79 Å². The molecule has 0 amide bonds. The predicted octanol–water partition coefficient (Wildman–Crippen LogP) is 3.49. The van der Waals surface area contributed by atoms with E-state index in [-0.39, 0.29) is 22.6 Å². The molecular formula is C34H35BrNO2P. The highest BCUT2D eigenvalue weighted by Crippen LogP contribution is 2.55. The first-order valence-corrected chi connectivity index (χ1v) is 15.4. The van der Waals surface area contributed by atoms with E-state index in [1.807, 2.05) is 6.07 Å². The lowest BCUT2D eigenvalue weighted by Gasteiger charge is -2.28. The molecular weight excluding hydrogens is 565 g/mol. The number of anilines is 1. The summed E-state index contributed by atoms with van der Waals surface area (Å²) >= 11 is 0. The Bertz CT molecular complexity index is 1470. The standard InChI is InChI=1S/C34H35NO2P.BrH/c1-4-35(5-2)27-21-22-31-26(3)32(34(36)37-33(31)25-27)23-24-38(28-15-9-6-10-16-28,29-17-11-7-12-18-29)30-19-13-8-14-20-30;/h6-22,25H,4-5,23-24H2,1-3H3;1H/q+1;/p-1. The molecule has 0 spiro atoms. The van der Waals surface area contributed by atoms with Gasteiger partial charge in [-0.15, -0.1) is 0 Å². The summed E-state index contributed by atoms with van der Waals surface area (Å²) < 4.78 is 5.97. The summed E-state index contributed by atoms with van der Waals surface area (Å²) in [6, 6.07) is 38.7. The lowest BCUT2D eigenvalue weighted by atomic mass is 10.0. The Hall–Kier alpha value is -3.20. The van der Waals surface area contributed by atoms with Crippen molar-refractivity contribution >= 4 is 39.8 Å². The van der Waals surface area contributed by atoms with Gasteiger partial charge >= 0.3 is 5.63 Å². The van der Waals surface area contributed by atoms with Gasteiger partial charge in [-0.3, -0.25) is 0 Å². The highest BCUT2D eigenvalue weighted by atomic mass is 79.9. The van der Waals surface area contributed by atoms with Gasteiger partial charge in [0.05, 0.1) is 6.16 Å². The topological polar surface area (TPSA) is 33.5 Å². The van der Waals surface area contributed by atoms with Crippen molar-refractivity contribution in [2.24, 2.45) is 0 Å². The zero-order chi connectivity index (χ0) is 26.5. The third kappa shape index (κ3) is 5.60. The lowest BCUT2D eigenvalue weighted by Crippen LogP contribution is -3.00. The number of nitrogens with zero attached hydrogens (tertiary/aromatic N) is 1. The maximum absolute atomic E-state index is 13.4. The molecule has 0 radical (unpaired) electrons. The van der Waals surface area contributed by atoms with Crippen LogP contribution in [0.5, 0.6) is 0 Å². The van der Waals surface area contributed by atoms with Crippen molar-refractivity contribution in [3.8, 4) is 0 Å². The second kappa shape index (κ2) is 12.8. The average Bonchev–Trinajstić information content (AvgIpc) is 2.97. The molecule has 4 aromatic carbocycles. The van der Waals surface area contributed by atoms with Crippen molar-refractivity contribution in [3.05, 3.63) is 131 Å². The number of hydrogen-bond donors (Lipinski definition) is 0. The molecule has 39 heavy (non-hydrogen) atoms. The monoisotopic (exact) mass is 599 g/mol. The lowest BCUT2D eigenvalue weighted by molar-refractivity contribution is -0.00000809. The van der Waals surface area contributed by atoms with Crippen LogP contribution in [-0.2, 0) is 6.42 Å². The molecule has 1 heterocycles. The fraction of sp³-hybridized carbons (Fsp3) is 0.206. The fourth-order valence-electron chi connectivity index (χ4n) is 5.62. The number of fused-ring (bicyclic) bond motifs is 1. The Kier molecular flexibility index (Phi) is 9.43. The van der Waals surface area contributed by atoms with Gasteiger partial charge in [0.2, 0.25) is 0 Å². The van der Waals surface area contributed by atoms with Gasteiger partial charge in [-0.2, -0.15) is 0 Å². The van der Waals surface area contributed by atoms with Gasteiger partial charge in [0.1, 0.15) is 28.8 Å². The van der Waals surface area contributed by atoms with Gasteiger partial charge in [-0.05, 0) is 74.9 Å². The Balaban J connectivity index is 0.00000353. The molecule has 0 aliphatic rings. The summed E-state index contributed by atoms with van der Waals surface area (Å²) in [6.07, 6.45) is 1.49. The minimum absolute atomic E-state index is 0. The summed E-state index contributed by atoms with van der Waals surface area (Å²) in [6.45, 7) is 8.17. The minimum atomic E-state index is -2.04. The highest BCUT2D eigenvalue weighted by Gasteiger charge is 2.45. The van der Waals surface area contributed by atoms with Crippen LogP contribution in [0.25, 0.3) is 11.0 Å². The zero-order valence-corrected chi connectivity index (χ0v) is 25.3. The normalized spacial score (nSPS) is 11.3. The molecule has 0 saturated carbocycles. The molecule has 5 heteroatoms. The van der Waals surface area contributed by atoms with Crippen LogP contribution >= 0.6 is 7.26 Å². The fourth-order valence-corrected chi connectivity index (χ4v) is 9.89. The van der Waals surface area contributed by atoms with Crippen LogP contribution in [0.15, 0.2) is 118 Å². The Morgan fingerprint density at radius 2 is 1.21 bits per heavy atom. The van der Waals surface area contributed by atoms with Crippen LogP contribution in [0.3, 0.4) is 0 Å². The maximum atomic E-state index is 13.4. The van der Waals surface area contributed by atoms with Gasteiger partial charge in [-0.25, -0.2) is 4.79 Å². The molecule has 0 aliphatic carbocycles. The smallest absolute Gasteiger partial charge is 0.339 e. The highest BCUT2D eigenvalue weighted by molar-refractivity contribution is 7.95. The van der Waals surface area contributed by atoms with Gasteiger partial charge in [0.25, 0.3) is 0 Å². The summed E-state index contributed by atoms with van der Waals surface area (Å²) in [4.78, 5) is 15.7. The van der Waals surface area contributed by atoms with Gasteiger partial charge in [-0.1, -0.05) is 54.6 Å².